The third-order valence-electron chi connectivity index (χ3n) is 4.94. The molecule has 1 heterocycles. The summed E-state index contributed by atoms with van der Waals surface area (Å²) in [7, 11) is 0. The van der Waals surface area contributed by atoms with Crippen LogP contribution in [0.5, 0.6) is 0 Å². The normalized spacial score (nSPS) is 27.2. The van der Waals surface area contributed by atoms with Crippen molar-refractivity contribution in [3.8, 4) is 0 Å². The van der Waals surface area contributed by atoms with Crippen LogP contribution in [0.2, 0.25) is 0 Å². The van der Waals surface area contributed by atoms with Crippen molar-refractivity contribution < 1.29 is 0 Å². The van der Waals surface area contributed by atoms with Crippen LogP contribution in [0.3, 0.4) is 0 Å². The molecule has 0 aromatic carbocycles. The van der Waals surface area contributed by atoms with Crippen LogP contribution in [0.25, 0.3) is 0 Å². The Kier molecular flexibility index (Phi) is 7.38. The Labute approximate surface area is 121 Å². The zero-order valence-corrected chi connectivity index (χ0v) is 14.1. The monoisotopic (exact) mass is 268 g/mol. The fourth-order valence-corrected chi connectivity index (χ4v) is 3.56. The molecule has 0 aliphatic carbocycles. The number of hydrogen-bond donors (Lipinski definition) is 1. The molecule has 1 saturated heterocycles. The van der Waals surface area contributed by atoms with E-state index in [1.807, 2.05) is 0 Å². The number of hydrogen-bond acceptors (Lipinski definition) is 2. The molecule has 0 amide bonds. The van der Waals surface area contributed by atoms with Gasteiger partial charge in [0.25, 0.3) is 0 Å². The van der Waals surface area contributed by atoms with Crippen molar-refractivity contribution in [2.45, 2.75) is 85.4 Å². The molecule has 0 aromatic rings. The molecule has 1 fully saturated rings. The minimum atomic E-state index is 0.695. The molecule has 0 spiro atoms. The Morgan fingerprint density at radius 2 is 1.68 bits per heavy atom. The molecule has 3 unspecified atom stereocenters. The SMILES string of the molecule is CCC(C)C1CNC(CC(C)C)CN1C(CC)CC. The molecule has 2 nitrogen and oxygen atoms in total. The highest BCUT2D eigenvalue weighted by molar-refractivity contribution is 4.91. The average Bonchev–Trinajstić information content (AvgIpc) is 2.39. The van der Waals surface area contributed by atoms with E-state index in [0.29, 0.717) is 6.04 Å². The molecular formula is C17H36N2. The average molecular weight is 268 g/mol. The van der Waals surface area contributed by atoms with Crippen LogP contribution in [0, 0.1) is 11.8 Å². The fourth-order valence-electron chi connectivity index (χ4n) is 3.56. The van der Waals surface area contributed by atoms with Gasteiger partial charge >= 0.3 is 0 Å². The highest BCUT2D eigenvalue weighted by Crippen LogP contribution is 2.24. The molecule has 2 heteroatoms. The van der Waals surface area contributed by atoms with Gasteiger partial charge in [0, 0.05) is 31.2 Å². The second-order valence-corrected chi connectivity index (χ2v) is 6.85. The van der Waals surface area contributed by atoms with Crippen molar-refractivity contribution in [3.05, 3.63) is 0 Å². The summed E-state index contributed by atoms with van der Waals surface area (Å²) in [4.78, 5) is 2.83. The van der Waals surface area contributed by atoms with E-state index in [2.05, 4.69) is 51.8 Å². The van der Waals surface area contributed by atoms with Gasteiger partial charge in [-0.25, -0.2) is 0 Å². The van der Waals surface area contributed by atoms with Crippen molar-refractivity contribution in [1.82, 2.24) is 10.2 Å². The van der Waals surface area contributed by atoms with Crippen LogP contribution in [-0.2, 0) is 0 Å². The second-order valence-electron chi connectivity index (χ2n) is 6.85. The van der Waals surface area contributed by atoms with E-state index in [9.17, 15) is 0 Å². The highest BCUT2D eigenvalue weighted by Gasteiger charge is 2.33. The first-order valence-corrected chi connectivity index (χ1v) is 8.52. The Balaban J connectivity index is 2.73. The molecule has 19 heavy (non-hydrogen) atoms. The van der Waals surface area contributed by atoms with Crippen molar-refractivity contribution in [2.75, 3.05) is 13.1 Å². The lowest BCUT2D eigenvalue weighted by Crippen LogP contribution is -2.61. The standard InChI is InChI=1S/C17H36N2/c1-7-14(6)17-11-18-15(10-13(4)5)12-19(17)16(8-2)9-3/h13-18H,7-12H2,1-6H3. The summed E-state index contributed by atoms with van der Waals surface area (Å²) in [6, 6.07) is 2.20. The van der Waals surface area contributed by atoms with Gasteiger partial charge in [-0.05, 0) is 31.1 Å². The summed E-state index contributed by atoms with van der Waals surface area (Å²) in [5, 5.41) is 3.81. The molecule has 0 saturated carbocycles. The molecule has 1 aliphatic rings. The molecule has 1 rings (SSSR count). The zero-order valence-electron chi connectivity index (χ0n) is 14.1. The number of rotatable bonds is 7. The number of nitrogens with zero attached hydrogens (tertiary/aromatic N) is 1. The Morgan fingerprint density at radius 1 is 1.05 bits per heavy atom. The maximum atomic E-state index is 3.81. The number of piperazine rings is 1. The van der Waals surface area contributed by atoms with Gasteiger partial charge in [-0.3, -0.25) is 4.90 Å². The molecule has 3 atom stereocenters. The lowest BCUT2D eigenvalue weighted by molar-refractivity contribution is 0.0423. The molecule has 1 N–H and O–H groups in total. The van der Waals surface area contributed by atoms with Gasteiger partial charge in [0.1, 0.15) is 0 Å². The van der Waals surface area contributed by atoms with Crippen LogP contribution in [0.4, 0.5) is 0 Å². The Bertz CT molecular complexity index is 235. The van der Waals surface area contributed by atoms with E-state index >= 15 is 0 Å². The Hall–Kier alpha value is -0.0800. The minimum absolute atomic E-state index is 0.695. The van der Waals surface area contributed by atoms with E-state index in [1.54, 1.807) is 0 Å². The van der Waals surface area contributed by atoms with Gasteiger partial charge in [-0.2, -0.15) is 0 Å². The van der Waals surface area contributed by atoms with E-state index < -0.39 is 0 Å². The largest absolute Gasteiger partial charge is 0.311 e. The topological polar surface area (TPSA) is 15.3 Å². The van der Waals surface area contributed by atoms with Gasteiger partial charge in [-0.1, -0.05) is 48.0 Å². The minimum Gasteiger partial charge on any atom is -0.311 e. The van der Waals surface area contributed by atoms with E-state index in [-0.39, 0.29) is 0 Å². The lowest BCUT2D eigenvalue weighted by atomic mass is 9.90. The van der Waals surface area contributed by atoms with Gasteiger partial charge in [0.2, 0.25) is 0 Å². The molecule has 0 bridgehead atoms. The van der Waals surface area contributed by atoms with Crippen LogP contribution in [-0.4, -0.2) is 36.1 Å². The summed E-state index contributed by atoms with van der Waals surface area (Å²) in [5.74, 6) is 1.59. The van der Waals surface area contributed by atoms with Crippen molar-refractivity contribution >= 4 is 0 Å². The molecule has 0 aromatic heterocycles. The third-order valence-corrected chi connectivity index (χ3v) is 4.94. The quantitative estimate of drug-likeness (QED) is 0.753. The van der Waals surface area contributed by atoms with Crippen LogP contribution < -0.4 is 5.32 Å². The van der Waals surface area contributed by atoms with E-state index in [1.165, 1.54) is 38.8 Å². The smallest absolute Gasteiger partial charge is 0.0249 e. The lowest BCUT2D eigenvalue weighted by Gasteiger charge is -2.47. The van der Waals surface area contributed by atoms with Gasteiger partial charge in [-0.15, -0.1) is 0 Å². The van der Waals surface area contributed by atoms with Gasteiger partial charge in [0.05, 0.1) is 0 Å². The maximum Gasteiger partial charge on any atom is 0.0249 e. The Morgan fingerprint density at radius 3 is 2.16 bits per heavy atom. The molecule has 114 valence electrons. The van der Waals surface area contributed by atoms with Crippen LogP contribution in [0.1, 0.15) is 67.2 Å². The van der Waals surface area contributed by atoms with Gasteiger partial charge < -0.3 is 5.32 Å². The van der Waals surface area contributed by atoms with E-state index in [4.69, 9.17) is 0 Å². The summed E-state index contributed by atoms with van der Waals surface area (Å²) in [6.07, 6.45) is 5.18. The first kappa shape index (κ1) is 17.0. The van der Waals surface area contributed by atoms with Crippen molar-refractivity contribution in [2.24, 2.45) is 11.8 Å². The van der Waals surface area contributed by atoms with Crippen molar-refractivity contribution in [1.29, 1.82) is 0 Å². The van der Waals surface area contributed by atoms with Crippen LogP contribution in [0.15, 0.2) is 0 Å². The van der Waals surface area contributed by atoms with Crippen molar-refractivity contribution in [3.63, 3.8) is 0 Å². The molecular weight excluding hydrogens is 232 g/mol. The predicted octanol–water partition coefficient (Wildman–Crippen LogP) is 3.91. The summed E-state index contributed by atoms with van der Waals surface area (Å²) >= 11 is 0. The predicted molar refractivity (Wildman–Crippen MR) is 85.6 cm³/mol. The summed E-state index contributed by atoms with van der Waals surface area (Å²) < 4.78 is 0. The molecule has 1 aliphatic heterocycles. The third kappa shape index (κ3) is 4.75. The number of nitrogens with one attached hydrogen (secondary N) is 1. The highest BCUT2D eigenvalue weighted by atomic mass is 15.3. The first-order valence-electron chi connectivity index (χ1n) is 8.52. The summed E-state index contributed by atoms with van der Waals surface area (Å²) in [6.45, 7) is 16.6. The van der Waals surface area contributed by atoms with Gasteiger partial charge in [0.15, 0.2) is 0 Å². The van der Waals surface area contributed by atoms with E-state index in [0.717, 1.165) is 23.9 Å². The zero-order chi connectivity index (χ0) is 14.4. The fraction of sp³-hybridized carbons (Fsp3) is 1.00. The molecule has 0 radical (unpaired) electrons. The second kappa shape index (κ2) is 8.26. The summed E-state index contributed by atoms with van der Waals surface area (Å²) in [5.41, 5.74) is 0. The maximum absolute atomic E-state index is 3.81. The van der Waals surface area contributed by atoms with Crippen LogP contribution >= 0.6 is 0 Å². The first-order chi connectivity index (χ1) is 9.03.